The molecule has 130 valence electrons. The first-order valence-corrected chi connectivity index (χ1v) is 8.30. The van der Waals surface area contributed by atoms with E-state index in [-0.39, 0.29) is 18.7 Å². The minimum Gasteiger partial charge on any atom is -0.489 e. The molecule has 3 N–H and O–H groups in total. The maximum Gasteiger partial charge on any atom is 0.191 e. The van der Waals surface area contributed by atoms with E-state index in [4.69, 9.17) is 27.9 Å². The Morgan fingerprint density at radius 1 is 1.35 bits per heavy atom. The highest BCUT2D eigenvalue weighted by Crippen LogP contribution is 2.31. The van der Waals surface area contributed by atoms with Gasteiger partial charge in [-0.2, -0.15) is 0 Å². The Bertz CT molecular complexity index is 531. The fraction of sp³-hybridized carbons (Fsp3) is 0.562. The SMILES string of the molecule is CCNC(=NCC(O)COc1cccc(Cl)c1Cl)NC(C)(C)C. The largest absolute Gasteiger partial charge is 0.489 e. The second kappa shape index (κ2) is 9.21. The Balaban J connectivity index is 2.55. The topological polar surface area (TPSA) is 65.9 Å². The predicted octanol–water partition coefficient (Wildman–Crippen LogP) is 3.09. The van der Waals surface area contributed by atoms with Gasteiger partial charge in [0.15, 0.2) is 5.96 Å². The van der Waals surface area contributed by atoms with Crippen LogP contribution < -0.4 is 15.4 Å². The normalized spacial score (nSPS) is 13.6. The van der Waals surface area contributed by atoms with Crippen LogP contribution in [0.15, 0.2) is 23.2 Å². The Hall–Kier alpha value is -1.17. The fourth-order valence-corrected chi connectivity index (χ4v) is 2.04. The van der Waals surface area contributed by atoms with E-state index in [1.165, 1.54) is 0 Å². The number of benzene rings is 1. The summed E-state index contributed by atoms with van der Waals surface area (Å²) in [7, 11) is 0. The number of nitrogens with one attached hydrogen (secondary N) is 2. The predicted molar refractivity (Wildman–Crippen MR) is 96.8 cm³/mol. The number of aliphatic imine (C=N–C) groups is 1. The number of guanidine groups is 1. The number of halogens is 2. The van der Waals surface area contributed by atoms with Crippen molar-refractivity contribution in [3.63, 3.8) is 0 Å². The van der Waals surface area contributed by atoms with E-state index in [2.05, 4.69) is 15.6 Å². The number of nitrogens with zero attached hydrogens (tertiary/aromatic N) is 1. The molecule has 5 nitrogen and oxygen atoms in total. The van der Waals surface area contributed by atoms with E-state index in [0.717, 1.165) is 6.54 Å². The number of hydrogen-bond acceptors (Lipinski definition) is 3. The van der Waals surface area contributed by atoms with Crippen molar-refractivity contribution in [2.24, 2.45) is 4.99 Å². The van der Waals surface area contributed by atoms with Gasteiger partial charge in [-0.15, -0.1) is 0 Å². The second-order valence-electron chi connectivity index (χ2n) is 6.11. The molecule has 1 unspecified atom stereocenters. The van der Waals surface area contributed by atoms with E-state index in [9.17, 15) is 5.11 Å². The lowest BCUT2D eigenvalue weighted by Gasteiger charge is -2.24. The van der Waals surface area contributed by atoms with Crippen LogP contribution in [-0.2, 0) is 0 Å². The average molecular weight is 362 g/mol. The Kier molecular flexibility index (Phi) is 7.95. The van der Waals surface area contributed by atoms with Crippen LogP contribution in [0.2, 0.25) is 10.0 Å². The van der Waals surface area contributed by atoms with Gasteiger partial charge >= 0.3 is 0 Å². The van der Waals surface area contributed by atoms with Crippen LogP contribution in [0.25, 0.3) is 0 Å². The molecule has 0 saturated heterocycles. The van der Waals surface area contributed by atoms with Gasteiger partial charge in [0.05, 0.1) is 11.6 Å². The average Bonchev–Trinajstić information content (AvgIpc) is 2.45. The molecular weight excluding hydrogens is 337 g/mol. The van der Waals surface area contributed by atoms with E-state index < -0.39 is 6.10 Å². The van der Waals surface area contributed by atoms with Crippen molar-refractivity contribution in [1.82, 2.24) is 10.6 Å². The zero-order valence-electron chi connectivity index (χ0n) is 14.0. The molecule has 0 aliphatic carbocycles. The van der Waals surface area contributed by atoms with Crippen molar-refractivity contribution in [3.05, 3.63) is 28.2 Å². The van der Waals surface area contributed by atoms with Gasteiger partial charge in [0.25, 0.3) is 0 Å². The van der Waals surface area contributed by atoms with Crippen molar-refractivity contribution < 1.29 is 9.84 Å². The first kappa shape index (κ1) is 19.9. The third-order valence-electron chi connectivity index (χ3n) is 2.65. The maximum absolute atomic E-state index is 10.0. The number of aliphatic hydroxyl groups is 1. The quantitative estimate of drug-likeness (QED) is 0.538. The van der Waals surface area contributed by atoms with Crippen molar-refractivity contribution in [2.75, 3.05) is 19.7 Å². The lowest BCUT2D eigenvalue weighted by Crippen LogP contribution is -2.48. The van der Waals surface area contributed by atoms with E-state index in [1.807, 2.05) is 27.7 Å². The van der Waals surface area contributed by atoms with Crippen molar-refractivity contribution >= 4 is 29.2 Å². The Morgan fingerprint density at radius 3 is 2.65 bits per heavy atom. The summed E-state index contributed by atoms with van der Waals surface area (Å²) < 4.78 is 5.50. The molecule has 1 aromatic carbocycles. The van der Waals surface area contributed by atoms with Gasteiger partial charge in [-0.25, -0.2) is 0 Å². The smallest absolute Gasteiger partial charge is 0.191 e. The summed E-state index contributed by atoms with van der Waals surface area (Å²) in [6, 6.07) is 5.12. The van der Waals surface area contributed by atoms with E-state index in [0.29, 0.717) is 21.8 Å². The Morgan fingerprint density at radius 2 is 2.04 bits per heavy atom. The van der Waals surface area contributed by atoms with Crippen molar-refractivity contribution in [3.8, 4) is 5.75 Å². The number of hydrogen-bond donors (Lipinski definition) is 3. The van der Waals surface area contributed by atoms with Gasteiger partial charge in [-0.3, -0.25) is 4.99 Å². The van der Waals surface area contributed by atoms with E-state index in [1.54, 1.807) is 18.2 Å². The molecule has 0 spiro atoms. The molecule has 0 fully saturated rings. The lowest BCUT2D eigenvalue weighted by molar-refractivity contribution is 0.114. The second-order valence-corrected chi connectivity index (χ2v) is 6.90. The molecule has 0 radical (unpaired) electrons. The molecule has 1 rings (SSSR count). The van der Waals surface area contributed by atoms with Crippen LogP contribution in [0.1, 0.15) is 27.7 Å². The molecular formula is C16H25Cl2N3O2. The zero-order chi connectivity index (χ0) is 17.5. The first-order chi connectivity index (χ1) is 10.7. The summed E-state index contributed by atoms with van der Waals surface area (Å²) in [5.74, 6) is 1.10. The fourth-order valence-electron chi connectivity index (χ4n) is 1.69. The number of aliphatic hydroxyl groups excluding tert-OH is 1. The van der Waals surface area contributed by atoms with Gasteiger partial charge in [-0.1, -0.05) is 29.3 Å². The van der Waals surface area contributed by atoms with Crippen LogP contribution in [0.3, 0.4) is 0 Å². The molecule has 0 amide bonds. The van der Waals surface area contributed by atoms with Crippen LogP contribution in [0.4, 0.5) is 0 Å². The number of ether oxygens (including phenoxy) is 1. The molecule has 0 aromatic heterocycles. The lowest BCUT2D eigenvalue weighted by atomic mass is 10.1. The third-order valence-corrected chi connectivity index (χ3v) is 3.45. The van der Waals surface area contributed by atoms with Crippen molar-refractivity contribution in [2.45, 2.75) is 39.3 Å². The highest BCUT2D eigenvalue weighted by Gasteiger charge is 2.13. The molecule has 0 saturated carbocycles. The van der Waals surface area contributed by atoms with Crippen LogP contribution >= 0.6 is 23.2 Å². The zero-order valence-corrected chi connectivity index (χ0v) is 15.5. The number of rotatable bonds is 6. The molecule has 1 atom stereocenters. The third kappa shape index (κ3) is 7.77. The monoisotopic (exact) mass is 361 g/mol. The van der Waals surface area contributed by atoms with Crippen LogP contribution in [-0.4, -0.2) is 42.4 Å². The first-order valence-electron chi connectivity index (χ1n) is 7.54. The summed E-state index contributed by atoms with van der Waals surface area (Å²) in [4.78, 5) is 4.36. The highest BCUT2D eigenvalue weighted by atomic mass is 35.5. The van der Waals surface area contributed by atoms with Gasteiger partial charge in [0, 0.05) is 12.1 Å². The van der Waals surface area contributed by atoms with Gasteiger partial charge < -0.3 is 20.5 Å². The molecule has 0 aliphatic rings. The Labute approximate surface area is 148 Å². The van der Waals surface area contributed by atoms with Crippen LogP contribution in [0.5, 0.6) is 5.75 Å². The summed E-state index contributed by atoms with van der Waals surface area (Å²) in [5, 5.41) is 17.2. The van der Waals surface area contributed by atoms with Gasteiger partial charge in [0.2, 0.25) is 0 Å². The minimum atomic E-state index is -0.750. The molecule has 0 heterocycles. The molecule has 1 aromatic rings. The van der Waals surface area contributed by atoms with Crippen LogP contribution in [0, 0.1) is 0 Å². The van der Waals surface area contributed by atoms with Crippen molar-refractivity contribution in [1.29, 1.82) is 0 Å². The standard InChI is InChI=1S/C16H25Cl2N3O2/c1-5-19-15(21-16(2,3)4)20-9-11(22)10-23-13-8-6-7-12(17)14(13)18/h6-8,11,22H,5,9-10H2,1-4H3,(H2,19,20,21). The summed E-state index contributed by atoms with van der Waals surface area (Å²) in [5.41, 5.74) is -0.114. The molecule has 23 heavy (non-hydrogen) atoms. The molecule has 0 bridgehead atoms. The maximum atomic E-state index is 10.0. The van der Waals surface area contributed by atoms with Gasteiger partial charge in [0.1, 0.15) is 23.5 Å². The van der Waals surface area contributed by atoms with E-state index >= 15 is 0 Å². The molecule has 0 aliphatic heterocycles. The van der Waals surface area contributed by atoms with Gasteiger partial charge in [-0.05, 0) is 39.8 Å². The minimum absolute atomic E-state index is 0.0818. The summed E-state index contributed by atoms with van der Waals surface area (Å²) >= 11 is 11.9. The highest BCUT2D eigenvalue weighted by molar-refractivity contribution is 6.42. The summed E-state index contributed by atoms with van der Waals surface area (Å²) in [6.07, 6.45) is -0.750. The molecule has 7 heteroatoms. The summed E-state index contributed by atoms with van der Waals surface area (Å²) in [6.45, 7) is 9.15.